The fourth-order valence-electron chi connectivity index (χ4n) is 4.15. The number of aliphatic carboxylic acids is 1. The van der Waals surface area contributed by atoms with Gasteiger partial charge in [0.15, 0.2) is 0 Å². The highest BCUT2D eigenvalue weighted by molar-refractivity contribution is 5.85. The number of nitrogens with one attached hydrogen (secondary N) is 1. The molecule has 0 aliphatic heterocycles. The predicted octanol–water partition coefficient (Wildman–Crippen LogP) is 6.89. The minimum Gasteiger partial charge on any atom is -0.481 e. The Morgan fingerprint density at radius 3 is 2.30 bits per heavy atom. The van der Waals surface area contributed by atoms with Gasteiger partial charge in [-0.25, -0.2) is 0 Å². The van der Waals surface area contributed by atoms with Crippen molar-refractivity contribution in [3.05, 3.63) is 95.7 Å². The van der Waals surface area contributed by atoms with Gasteiger partial charge in [0.1, 0.15) is 5.75 Å². The molecule has 0 aliphatic carbocycles. The Morgan fingerprint density at radius 2 is 1.59 bits per heavy atom. The summed E-state index contributed by atoms with van der Waals surface area (Å²) in [6.07, 6.45) is -2.55. The number of hydrogen-bond donors (Lipinski definition) is 2. The van der Waals surface area contributed by atoms with Crippen LogP contribution in [0.2, 0.25) is 0 Å². The average molecular weight is 509 g/mol. The first-order valence-corrected chi connectivity index (χ1v) is 12.0. The molecular formula is C29H27F3N2O3. The monoisotopic (exact) mass is 508 g/mol. The Morgan fingerprint density at radius 1 is 0.892 bits per heavy atom. The van der Waals surface area contributed by atoms with Gasteiger partial charge in [0.25, 0.3) is 0 Å². The van der Waals surface area contributed by atoms with E-state index in [1.165, 1.54) is 12.1 Å². The highest BCUT2D eigenvalue weighted by atomic mass is 19.4. The van der Waals surface area contributed by atoms with Gasteiger partial charge >= 0.3 is 12.3 Å². The molecule has 0 fully saturated rings. The molecule has 0 aliphatic rings. The van der Waals surface area contributed by atoms with E-state index in [2.05, 4.69) is 16.1 Å². The lowest BCUT2D eigenvalue weighted by Crippen LogP contribution is -2.17. The maximum absolute atomic E-state index is 12.3. The van der Waals surface area contributed by atoms with Crippen molar-refractivity contribution in [3.63, 3.8) is 0 Å². The van der Waals surface area contributed by atoms with Gasteiger partial charge < -0.3 is 15.2 Å². The fourth-order valence-corrected chi connectivity index (χ4v) is 4.15. The molecule has 8 heteroatoms. The summed E-state index contributed by atoms with van der Waals surface area (Å²) < 4.78 is 40.9. The second-order valence-corrected chi connectivity index (χ2v) is 8.77. The highest BCUT2D eigenvalue weighted by Crippen LogP contribution is 2.28. The van der Waals surface area contributed by atoms with Crippen LogP contribution in [0.15, 0.2) is 78.9 Å². The molecule has 0 bridgehead atoms. The van der Waals surface area contributed by atoms with Crippen LogP contribution in [0.3, 0.4) is 0 Å². The van der Waals surface area contributed by atoms with E-state index in [0.717, 1.165) is 45.3 Å². The molecule has 4 aromatic rings. The maximum Gasteiger partial charge on any atom is 0.573 e. The number of halogens is 3. The molecule has 4 rings (SSSR count). The molecule has 3 aromatic carbocycles. The van der Waals surface area contributed by atoms with Crippen LogP contribution in [0.5, 0.6) is 5.75 Å². The standard InChI is InChI=1S/C29H27F3N2O3/c30-29(31,32)37-24-14-11-20(12-15-24)18-33-19-21-10-13-23-17-25(22-6-2-1-3-7-22)26(34-27(23)16-21)8-4-5-9-28(35)36/h1-3,6-7,10-17,33H,4-5,8-9,18-19H2,(H,35,36). The third-order valence-electron chi connectivity index (χ3n) is 5.92. The quantitative estimate of drug-likeness (QED) is 0.216. The molecule has 37 heavy (non-hydrogen) atoms. The number of rotatable bonds is 11. The Labute approximate surface area is 212 Å². The van der Waals surface area contributed by atoms with E-state index in [0.29, 0.717) is 25.9 Å². The molecule has 1 heterocycles. The molecule has 5 nitrogen and oxygen atoms in total. The number of unbranched alkanes of at least 4 members (excludes halogenated alkanes) is 1. The molecule has 0 radical (unpaired) electrons. The Hall–Kier alpha value is -3.91. The summed E-state index contributed by atoms with van der Waals surface area (Å²) in [5, 5.41) is 13.3. The van der Waals surface area contributed by atoms with E-state index in [-0.39, 0.29) is 12.2 Å². The molecule has 1 aromatic heterocycles. The average Bonchev–Trinajstić information content (AvgIpc) is 2.86. The first-order valence-electron chi connectivity index (χ1n) is 12.0. The lowest BCUT2D eigenvalue weighted by atomic mass is 9.98. The highest BCUT2D eigenvalue weighted by Gasteiger charge is 2.30. The zero-order valence-electron chi connectivity index (χ0n) is 20.1. The molecule has 0 unspecified atom stereocenters. The second kappa shape index (κ2) is 11.9. The summed E-state index contributed by atoms with van der Waals surface area (Å²) in [7, 11) is 0. The van der Waals surface area contributed by atoms with Crippen molar-refractivity contribution in [2.75, 3.05) is 0 Å². The molecule has 192 valence electrons. The Balaban J connectivity index is 1.46. The Bertz CT molecular complexity index is 1340. The molecule has 0 atom stereocenters. The summed E-state index contributed by atoms with van der Waals surface area (Å²) in [6.45, 7) is 1.05. The van der Waals surface area contributed by atoms with E-state index < -0.39 is 12.3 Å². The van der Waals surface area contributed by atoms with E-state index in [9.17, 15) is 18.0 Å². The number of benzene rings is 3. The number of carboxylic acid groups (broad SMARTS) is 1. The van der Waals surface area contributed by atoms with Crippen molar-refractivity contribution in [2.24, 2.45) is 0 Å². The molecule has 0 spiro atoms. The lowest BCUT2D eigenvalue weighted by molar-refractivity contribution is -0.274. The zero-order chi connectivity index (χ0) is 26.3. The minimum absolute atomic E-state index is 0.141. The van der Waals surface area contributed by atoms with Crippen LogP contribution in [0.25, 0.3) is 22.0 Å². The van der Waals surface area contributed by atoms with Crippen LogP contribution in [0.1, 0.15) is 36.1 Å². The van der Waals surface area contributed by atoms with Crippen molar-refractivity contribution in [1.29, 1.82) is 0 Å². The number of ether oxygens (including phenoxy) is 1. The van der Waals surface area contributed by atoms with Crippen molar-refractivity contribution in [2.45, 2.75) is 45.1 Å². The van der Waals surface area contributed by atoms with Gasteiger partial charge in [-0.15, -0.1) is 13.2 Å². The van der Waals surface area contributed by atoms with Crippen LogP contribution >= 0.6 is 0 Å². The molecule has 0 saturated carbocycles. The number of fused-ring (bicyclic) bond motifs is 1. The summed E-state index contributed by atoms with van der Waals surface area (Å²) in [5.74, 6) is -1.04. The van der Waals surface area contributed by atoms with Gasteiger partial charge in [-0.3, -0.25) is 9.78 Å². The first-order chi connectivity index (χ1) is 17.8. The third kappa shape index (κ3) is 7.79. The largest absolute Gasteiger partial charge is 0.573 e. The van der Waals surface area contributed by atoms with Crippen LogP contribution in [-0.2, 0) is 24.3 Å². The third-order valence-corrected chi connectivity index (χ3v) is 5.92. The number of nitrogens with zero attached hydrogens (tertiary/aromatic N) is 1. The SMILES string of the molecule is O=C(O)CCCCc1nc2cc(CNCc3ccc(OC(F)(F)F)cc3)ccc2cc1-c1ccccc1. The molecule has 0 amide bonds. The van der Waals surface area contributed by atoms with E-state index >= 15 is 0 Å². The van der Waals surface area contributed by atoms with E-state index in [4.69, 9.17) is 10.1 Å². The van der Waals surface area contributed by atoms with E-state index in [1.807, 2.05) is 48.5 Å². The zero-order valence-corrected chi connectivity index (χ0v) is 20.1. The van der Waals surface area contributed by atoms with Crippen molar-refractivity contribution in [3.8, 4) is 16.9 Å². The minimum atomic E-state index is -4.70. The van der Waals surface area contributed by atoms with Gasteiger partial charge in [0.05, 0.1) is 5.52 Å². The first kappa shape index (κ1) is 26.2. The summed E-state index contributed by atoms with van der Waals surface area (Å²) >= 11 is 0. The fraction of sp³-hybridized carbons (Fsp3) is 0.241. The summed E-state index contributed by atoms with van der Waals surface area (Å²) in [6, 6.07) is 24.0. The maximum atomic E-state index is 12.3. The number of carboxylic acids is 1. The Kier molecular flexibility index (Phi) is 8.40. The molecule has 0 saturated heterocycles. The number of hydrogen-bond acceptors (Lipinski definition) is 4. The van der Waals surface area contributed by atoms with Gasteiger partial charge in [0, 0.05) is 36.2 Å². The van der Waals surface area contributed by atoms with Crippen molar-refractivity contribution in [1.82, 2.24) is 10.3 Å². The number of pyridine rings is 1. The number of alkyl halides is 3. The topological polar surface area (TPSA) is 71.5 Å². The number of aromatic nitrogens is 1. The van der Waals surface area contributed by atoms with Crippen LogP contribution in [0.4, 0.5) is 13.2 Å². The smallest absolute Gasteiger partial charge is 0.481 e. The number of aryl methyl sites for hydroxylation is 1. The van der Waals surface area contributed by atoms with E-state index in [1.54, 1.807) is 12.1 Å². The lowest BCUT2D eigenvalue weighted by Gasteiger charge is -2.13. The molecule has 2 N–H and O–H groups in total. The van der Waals surface area contributed by atoms with Crippen LogP contribution in [-0.4, -0.2) is 22.4 Å². The summed E-state index contributed by atoms with van der Waals surface area (Å²) in [4.78, 5) is 15.8. The van der Waals surface area contributed by atoms with Gasteiger partial charge in [-0.2, -0.15) is 0 Å². The van der Waals surface area contributed by atoms with Crippen LogP contribution < -0.4 is 10.1 Å². The second-order valence-electron chi connectivity index (χ2n) is 8.77. The number of carbonyl (C=O) groups is 1. The predicted molar refractivity (Wildman–Crippen MR) is 136 cm³/mol. The van der Waals surface area contributed by atoms with Crippen molar-refractivity contribution >= 4 is 16.9 Å². The summed E-state index contributed by atoms with van der Waals surface area (Å²) in [5.41, 5.74) is 5.79. The van der Waals surface area contributed by atoms with Gasteiger partial charge in [-0.05, 0) is 60.2 Å². The molecular weight excluding hydrogens is 481 g/mol. The van der Waals surface area contributed by atoms with Gasteiger partial charge in [-0.1, -0.05) is 54.6 Å². The van der Waals surface area contributed by atoms with Gasteiger partial charge in [0.2, 0.25) is 0 Å². The van der Waals surface area contributed by atoms with Crippen LogP contribution in [0, 0.1) is 0 Å². The normalized spacial score (nSPS) is 11.5. The van der Waals surface area contributed by atoms with Crippen molar-refractivity contribution < 1.29 is 27.8 Å².